The second-order valence-electron chi connectivity index (χ2n) is 5.11. The average Bonchev–Trinajstić information content (AvgIpc) is 2.37. The van der Waals surface area contributed by atoms with E-state index < -0.39 is 0 Å². The van der Waals surface area contributed by atoms with Gasteiger partial charge in [0.05, 0.1) is 6.61 Å². The molecule has 0 aromatic heterocycles. The number of nitrogens with one attached hydrogen (secondary N) is 1. The van der Waals surface area contributed by atoms with Crippen molar-refractivity contribution in [2.45, 2.75) is 45.1 Å². The SMILES string of the molecule is CNC(C)CC(C)c1cccc2c1OCCC2. The number of benzene rings is 1. The monoisotopic (exact) mass is 233 g/mol. The van der Waals surface area contributed by atoms with Crippen molar-refractivity contribution in [3.8, 4) is 5.75 Å². The molecule has 0 saturated heterocycles. The van der Waals surface area contributed by atoms with E-state index in [0.29, 0.717) is 12.0 Å². The second-order valence-corrected chi connectivity index (χ2v) is 5.11. The van der Waals surface area contributed by atoms with E-state index in [-0.39, 0.29) is 0 Å². The molecular formula is C15H23NO. The molecule has 17 heavy (non-hydrogen) atoms. The Morgan fingerprint density at radius 1 is 1.35 bits per heavy atom. The summed E-state index contributed by atoms with van der Waals surface area (Å²) in [5, 5.41) is 3.30. The van der Waals surface area contributed by atoms with Crippen molar-refractivity contribution in [2.24, 2.45) is 0 Å². The average molecular weight is 233 g/mol. The third kappa shape index (κ3) is 2.81. The van der Waals surface area contributed by atoms with Crippen LogP contribution >= 0.6 is 0 Å². The van der Waals surface area contributed by atoms with Crippen LogP contribution in [0.25, 0.3) is 0 Å². The molecule has 2 nitrogen and oxygen atoms in total. The van der Waals surface area contributed by atoms with Crippen LogP contribution in [0.2, 0.25) is 0 Å². The van der Waals surface area contributed by atoms with Gasteiger partial charge in [0, 0.05) is 6.04 Å². The summed E-state index contributed by atoms with van der Waals surface area (Å²) in [6.07, 6.45) is 3.46. The zero-order valence-corrected chi connectivity index (χ0v) is 11.1. The summed E-state index contributed by atoms with van der Waals surface area (Å²) in [7, 11) is 2.02. The Morgan fingerprint density at radius 3 is 2.94 bits per heavy atom. The van der Waals surface area contributed by atoms with E-state index in [1.165, 1.54) is 11.1 Å². The lowest BCUT2D eigenvalue weighted by atomic mass is 9.90. The highest BCUT2D eigenvalue weighted by Crippen LogP contribution is 2.35. The summed E-state index contributed by atoms with van der Waals surface area (Å²) < 4.78 is 5.87. The summed E-state index contributed by atoms with van der Waals surface area (Å²) >= 11 is 0. The van der Waals surface area contributed by atoms with Crippen LogP contribution in [0.4, 0.5) is 0 Å². The number of ether oxygens (including phenoxy) is 1. The molecule has 0 radical (unpaired) electrons. The van der Waals surface area contributed by atoms with Gasteiger partial charge in [-0.2, -0.15) is 0 Å². The van der Waals surface area contributed by atoms with E-state index in [2.05, 4.69) is 37.4 Å². The minimum Gasteiger partial charge on any atom is -0.493 e. The Balaban J connectivity index is 2.20. The molecule has 94 valence electrons. The highest BCUT2D eigenvalue weighted by Gasteiger charge is 2.19. The zero-order chi connectivity index (χ0) is 12.3. The molecule has 0 amide bonds. The van der Waals surface area contributed by atoms with Crippen LogP contribution in [0, 0.1) is 0 Å². The standard InChI is InChI=1S/C15H23NO/c1-11(10-12(2)16-3)14-8-4-6-13-7-5-9-17-15(13)14/h4,6,8,11-12,16H,5,7,9-10H2,1-3H3. The van der Waals surface area contributed by atoms with Crippen molar-refractivity contribution in [2.75, 3.05) is 13.7 Å². The maximum absolute atomic E-state index is 5.87. The fourth-order valence-electron chi connectivity index (χ4n) is 2.58. The fourth-order valence-corrected chi connectivity index (χ4v) is 2.58. The van der Waals surface area contributed by atoms with Crippen LogP contribution in [-0.4, -0.2) is 19.7 Å². The molecule has 0 bridgehead atoms. The maximum Gasteiger partial charge on any atom is 0.125 e. The molecule has 1 aromatic rings. The normalized spacial score (nSPS) is 18.1. The zero-order valence-electron chi connectivity index (χ0n) is 11.1. The van der Waals surface area contributed by atoms with Gasteiger partial charge in [-0.3, -0.25) is 0 Å². The Labute approximate surface area is 104 Å². The van der Waals surface area contributed by atoms with Crippen molar-refractivity contribution >= 4 is 0 Å². The fraction of sp³-hybridized carbons (Fsp3) is 0.600. The summed E-state index contributed by atoms with van der Waals surface area (Å²) in [6, 6.07) is 7.14. The number of hydrogen-bond acceptors (Lipinski definition) is 2. The molecule has 1 aliphatic heterocycles. The lowest BCUT2D eigenvalue weighted by molar-refractivity contribution is 0.282. The van der Waals surface area contributed by atoms with Gasteiger partial charge < -0.3 is 10.1 Å². The highest BCUT2D eigenvalue weighted by molar-refractivity contribution is 5.44. The third-order valence-electron chi connectivity index (χ3n) is 3.69. The van der Waals surface area contributed by atoms with Gasteiger partial charge in [0.25, 0.3) is 0 Å². The van der Waals surface area contributed by atoms with Crippen LogP contribution in [0.1, 0.15) is 43.7 Å². The molecule has 0 spiro atoms. The third-order valence-corrected chi connectivity index (χ3v) is 3.69. The predicted molar refractivity (Wildman–Crippen MR) is 71.8 cm³/mol. The van der Waals surface area contributed by atoms with Crippen LogP contribution in [-0.2, 0) is 6.42 Å². The van der Waals surface area contributed by atoms with Gasteiger partial charge in [-0.25, -0.2) is 0 Å². The van der Waals surface area contributed by atoms with Crippen LogP contribution in [0.15, 0.2) is 18.2 Å². The van der Waals surface area contributed by atoms with Crippen molar-refractivity contribution in [1.29, 1.82) is 0 Å². The molecular weight excluding hydrogens is 210 g/mol. The number of aryl methyl sites for hydroxylation is 1. The van der Waals surface area contributed by atoms with E-state index in [0.717, 1.165) is 31.6 Å². The molecule has 2 heteroatoms. The van der Waals surface area contributed by atoms with E-state index in [9.17, 15) is 0 Å². The Bertz CT molecular complexity index is 375. The van der Waals surface area contributed by atoms with Crippen molar-refractivity contribution in [1.82, 2.24) is 5.32 Å². The lowest BCUT2D eigenvalue weighted by Gasteiger charge is -2.24. The molecule has 0 saturated carbocycles. The van der Waals surface area contributed by atoms with Crippen molar-refractivity contribution in [3.05, 3.63) is 29.3 Å². The quantitative estimate of drug-likeness (QED) is 0.862. The molecule has 2 rings (SSSR count). The summed E-state index contributed by atoms with van der Waals surface area (Å²) in [5.41, 5.74) is 2.77. The van der Waals surface area contributed by atoms with Gasteiger partial charge in [0.15, 0.2) is 0 Å². The first kappa shape index (κ1) is 12.4. The van der Waals surface area contributed by atoms with Crippen LogP contribution in [0.5, 0.6) is 5.75 Å². The highest BCUT2D eigenvalue weighted by atomic mass is 16.5. The topological polar surface area (TPSA) is 21.3 Å². The van der Waals surface area contributed by atoms with Gasteiger partial charge in [0.2, 0.25) is 0 Å². The smallest absolute Gasteiger partial charge is 0.125 e. The number of rotatable bonds is 4. The summed E-state index contributed by atoms with van der Waals surface area (Å²) in [5.74, 6) is 1.71. The Hall–Kier alpha value is -1.02. The van der Waals surface area contributed by atoms with Crippen LogP contribution < -0.4 is 10.1 Å². The first-order valence-corrected chi connectivity index (χ1v) is 6.64. The van der Waals surface area contributed by atoms with Gasteiger partial charge in [-0.1, -0.05) is 25.1 Å². The minimum absolute atomic E-state index is 0.546. The van der Waals surface area contributed by atoms with Gasteiger partial charge in [0.1, 0.15) is 5.75 Å². The van der Waals surface area contributed by atoms with E-state index in [4.69, 9.17) is 4.74 Å². The summed E-state index contributed by atoms with van der Waals surface area (Å²) in [6.45, 7) is 5.40. The maximum atomic E-state index is 5.87. The number of hydrogen-bond donors (Lipinski definition) is 1. The largest absolute Gasteiger partial charge is 0.493 e. The lowest BCUT2D eigenvalue weighted by Crippen LogP contribution is -2.23. The molecule has 1 aromatic carbocycles. The molecule has 0 aliphatic carbocycles. The van der Waals surface area contributed by atoms with Crippen molar-refractivity contribution < 1.29 is 4.74 Å². The van der Waals surface area contributed by atoms with Crippen molar-refractivity contribution in [3.63, 3.8) is 0 Å². The minimum atomic E-state index is 0.546. The van der Waals surface area contributed by atoms with E-state index >= 15 is 0 Å². The Kier molecular flexibility index (Phi) is 4.06. The first-order valence-electron chi connectivity index (χ1n) is 6.64. The molecule has 2 atom stereocenters. The predicted octanol–water partition coefficient (Wildman–Crippen LogP) is 3.11. The molecule has 1 aliphatic rings. The number of fused-ring (bicyclic) bond motifs is 1. The molecule has 1 heterocycles. The molecule has 1 N–H and O–H groups in total. The van der Waals surface area contributed by atoms with E-state index in [1.807, 2.05) is 7.05 Å². The second kappa shape index (κ2) is 5.54. The molecule has 2 unspecified atom stereocenters. The van der Waals surface area contributed by atoms with Crippen LogP contribution in [0.3, 0.4) is 0 Å². The van der Waals surface area contributed by atoms with E-state index in [1.54, 1.807) is 0 Å². The summed E-state index contributed by atoms with van der Waals surface area (Å²) in [4.78, 5) is 0. The first-order chi connectivity index (χ1) is 8.22. The molecule has 0 fully saturated rings. The van der Waals surface area contributed by atoms with Gasteiger partial charge >= 0.3 is 0 Å². The van der Waals surface area contributed by atoms with Gasteiger partial charge in [-0.15, -0.1) is 0 Å². The Morgan fingerprint density at radius 2 is 2.18 bits per heavy atom. The number of para-hydroxylation sites is 1. The van der Waals surface area contributed by atoms with Gasteiger partial charge in [-0.05, 0) is 50.3 Å².